The molecule has 2 saturated heterocycles. The summed E-state index contributed by atoms with van der Waals surface area (Å²) in [5, 5.41) is 1.15. The van der Waals surface area contributed by atoms with Gasteiger partial charge in [-0.25, -0.2) is 0 Å². The molecule has 0 bridgehead atoms. The van der Waals surface area contributed by atoms with Gasteiger partial charge in [-0.3, -0.25) is 9.69 Å². The van der Waals surface area contributed by atoms with Crippen LogP contribution in [0.2, 0.25) is 0 Å². The van der Waals surface area contributed by atoms with Crippen molar-refractivity contribution in [1.29, 1.82) is 0 Å². The van der Waals surface area contributed by atoms with Gasteiger partial charge < -0.3 is 14.8 Å². The monoisotopic (exact) mass is 354 g/mol. The summed E-state index contributed by atoms with van der Waals surface area (Å²) in [6.45, 7) is 8.83. The summed E-state index contributed by atoms with van der Waals surface area (Å²) in [5.41, 5.74) is 1.83. The Morgan fingerprint density at radius 3 is 2.54 bits per heavy atom. The third-order valence-electron chi connectivity index (χ3n) is 6.42. The number of piperidine rings is 1. The van der Waals surface area contributed by atoms with Crippen molar-refractivity contribution in [3.63, 3.8) is 0 Å². The Balaban J connectivity index is 1.34. The Morgan fingerprint density at radius 1 is 1.08 bits per heavy atom. The van der Waals surface area contributed by atoms with Gasteiger partial charge in [0.1, 0.15) is 0 Å². The molecule has 2 aliphatic heterocycles. The van der Waals surface area contributed by atoms with Crippen molar-refractivity contribution in [2.24, 2.45) is 5.92 Å². The molecule has 4 rings (SSSR count). The largest absolute Gasteiger partial charge is 0.361 e. The van der Waals surface area contributed by atoms with Crippen molar-refractivity contribution in [2.45, 2.75) is 25.8 Å². The summed E-state index contributed by atoms with van der Waals surface area (Å²) in [6.07, 6.45) is 4.15. The predicted molar refractivity (Wildman–Crippen MR) is 105 cm³/mol. The molecular formula is C21H30N4O. The Morgan fingerprint density at radius 2 is 1.81 bits per heavy atom. The van der Waals surface area contributed by atoms with E-state index in [-0.39, 0.29) is 5.91 Å². The summed E-state index contributed by atoms with van der Waals surface area (Å²) in [5.74, 6) is 0.876. The van der Waals surface area contributed by atoms with E-state index >= 15 is 0 Å². The van der Waals surface area contributed by atoms with Gasteiger partial charge in [-0.05, 0) is 56.3 Å². The lowest BCUT2D eigenvalue weighted by atomic mass is 9.88. The summed E-state index contributed by atoms with van der Waals surface area (Å²) >= 11 is 0. The van der Waals surface area contributed by atoms with Crippen LogP contribution in [0.1, 0.15) is 30.1 Å². The highest BCUT2D eigenvalue weighted by atomic mass is 16.2. The Bertz CT molecular complexity index is 754. The van der Waals surface area contributed by atoms with Gasteiger partial charge in [0.15, 0.2) is 0 Å². The summed E-state index contributed by atoms with van der Waals surface area (Å²) in [7, 11) is 2.21. The van der Waals surface area contributed by atoms with Crippen molar-refractivity contribution in [1.82, 2.24) is 19.7 Å². The number of likely N-dealkylation sites (N-methyl/N-ethyl adjacent to an activating group) is 1. The average Bonchev–Trinajstić information content (AvgIpc) is 3.15. The molecule has 1 atom stereocenters. The lowest BCUT2D eigenvalue weighted by molar-refractivity contribution is 0.0500. The number of rotatable bonds is 3. The molecule has 1 aromatic heterocycles. The number of aromatic nitrogens is 1. The van der Waals surface area contributed by atoms with Crippen LogP contribution in [-0.2, 0) is 0 Å². The third kappa shape index (κ3) is 3.51. The number of fused-ring (bicyclic) bond motifs is 1. The van der Waals surface area contributed by atoms with E-state index in [9.17, 15) is 4.79 Å². The molecule has 0 unspecified atom stereocenters. The molecule has 0 aliphatic carbocycles. The second-order valence-electron chi connectivity index (χ2n) is 7.99. The van der Waals surface area contributed by atoms with Crippen molar-refractivity contribution in [3.05, 3.63) is 36.0 Å². The van der Waals surface area contributed by atoms with Crippen LogP contribution >= 0.6 is 0 Å². The molecule has 0 radical (unpaired) electrons. The van der Waals surface area contributed by atoms with Gasteiger partial charge in [0, 0.05) is 62.6 Å². The minimum absolute atomic E-state index is 0.173. The molecule has 1 aromatic carbocycles. The van der Waals surface area contributed by atoms with Gasteiger partial charge in [0.25, 0.3) is 5.91 Å². The molecule has 2 aromatic rings. The fourth-order valence-electron chi connectivity index (χ4n) is 4.48. The lowest BCUT2D eigenvalue weighted by Gasteiger charge is -2.42. The normalized spacial score (nSPS) is 22.0. The highest BCUT2D eigenvalue weighted by Crippen LogP contribution is 2.26. The van der Waals surface area contributed by atoms with E-state index in [2.05, 4.69) is 28.8 Å². The molecule has 1 amide bonds. The molecule has 0 saturated carbocycles. The molecule has 2 aliphatic rings. The van der Waals surface area contributed by atoms with E-state index in [1.165, 1.54) is 26.2 Å². The number of H-pyrrole nitrogens is 1. The molecule has 5 heteroatoms. The zero-order valence-electron chi connectivity index (χ0n) is 15.9. The Kier molecular flexibility index (Phi) is 5.00. The number of hydrogen-bond donors (Lipinski definition) is 1. The minimum Gasteiger partial charge on any atom is -0.361 e. The van der Waals surface area contributed by atoms with Gasteiger partial charge >= 0.3 is 0 Å². The first-order valence-electron chi connectivity index (χ1n) is 9.91. The van der Waals surface area contributed by atoms with Crippen molar-refractivity contribution in [2.75, 3.05) is 46.3 Å². The van der Waals surface area contributed by atoms with Gasteiger partial charge in [-0.15, -0.1) is 0 Å². The third-order valence-corrected chi connectivity index (χ3v) is 6.42. The SMILES string of the molecule is C[C@@H](C1CCN(C(=O)c2ccc3cc[nH]c3c2)CC1)N1CCN(C)CC1. The van der Waals surface area contributed by atoms with E-state index in [0.29, 0.717) is 12.0 Å². The van der Waals surface area contributed by atoms with Crippen LogP contribution in [0.15, 0.2) is 30.5 Å². The van der Waals surface area contributed by atoms with E-state index in [4.69, 9.17) is 0 Å². The molecule has 1 N–H and O–H groups in total. The summed E-state index contributed by atoms with van der Waals surface area (Å²) < 4.78 is 0. The Hall–Kier alpha value is -1.85. The second kappa shape index (κ2) is 7.41. The number of hydrogen-bond acceptors (Lipinski definition) is 3. The van der Waals surface area contributed by atoms with Crippen LogP contribution in [-0.4, -0.2) is 77.9 Å². The first kappa shape index (κ1) is 17.6. The lowest BCUT2D eigenvalue weighted by Crippen LogP contribution is -2.52. The maximum atomic E-state index is 12.9. The van der Waals surface area contributed by atoms with Crippen LogP contribution in [0.25, 0.3) is 10.9 Å². The quantitative estimate of drug-likeness (QED) is 0.921. The molecule has 140 valence electrons. The number of nitrogens with zero attached hydrogens (tertiary/aromatic N) is 3. The smallest absolute Gasteiger partial charge is 0.253 e. The number of carbonyl (C=O) groups is 1. The topological polar surface area (TPSA) is 42.6 Å². The number of benzene rings is 1. The van der Waals surface area contributed by atoms with E-state index in [1.54, 1.807) is 0 Å². The minimum atomic E-state index is 0.173. The van der Waals surface area contributed by atoms with E-state index in [1.807, 2.05) is 35.4 Å². The zero-order chi connectivity index (χ0) is 18.1. The molecular weight excluding hydrogens is 324 g/mol. The number of amides is 1. The Labute approximate surface area is 155 Å². The molecule has 5 nitrogen and oxygen atoms in total. The maximum absolute atomic E-state index is 12.9. The summed E-state index contributed by atoms with van der Waals surface area (Å²) in [6, 6.07) is 8.63. The van der Waals surface area contributed by atoms with Crippen LogP contribution in [0.5, 0.6) is 0 Å². The number of likely N-dealkylation sites (tertiary alicyclic amines) is 1. The highest BCUT2D eigenvalue weighted by Gasteiger charge is 2.30. The predicted octanol–water partition coefficient (Wildman–Crippen LogP) is 2.66. The van der Waals surface area contributed by atoms with Crippen LogP contribution < -0.4 is 0 Å². The highest BCUT2D eigenvalue weighted by molar-refractivity contribution is 5.97. The standard InChI is InChI=1S/C21H30N4O/c1-16(24-13-11-23(2)12-14-24)17-6-9-25(10-7-17)21(26)19-4-3-18-5-8-22-20(18)15-19/h3-5,8,15-17,22H,6-7,9-14H2,1-2H3/t16-/m0/s1. The van der Waals surface area contributed by atoms with Crippen molar-refractivity contribution < 1.29 is 4.79 Å². The number of carbonyl (C=O) groups excluding carboxylic acids is 1. The molecule has 26 heavy (non-hydrogen) atoms. The zero-order valence-corrected chi connectivity index (χ0v) is 15.9. The molecule has 2 fully saturated rings. The number of piperazine rings is 1. The number of nitrogens with one attached hydrogen (secondary N) is 1. The van der Waals surface area contributed by atoms with Crippen LogP contribution in [0, 0.1) is 5.92 Å². The van der Waals surface area contributed by atoms with Crippen LogP contribution in [0.4, 0.5) is 0 Å². The van der Waals surface area contributed by atoms with Gasteiger partial charge in [-0.1, -0.05) is 6.07 Å². The van der Waals surface area contributed by atoms with E-state index in [0.717, 1.165) is 42.4 Å². The first-order chi connectivity index (χ1) is 12.6. The first-order valence-corrected chi connectivity index (χ1v) is 9.91. The fraction of sp³-hybridized carbons (Fsp3) is 0.571. The summed E-state index contributed by atoms with van der Waals surface area (Å²) in [4.78, 5) is 23.2. The van der Waals surface area contributed by atoms with Crippen molar-refractivity contribution >= 4 is 16.8 Å². The van der Waals surface area contributed by atoms with Gasteiger partial charge in [-0.2, -0.15) is 0 Å². The van der Waals surface area contributed by atoms with E-state index < -0.39 is 0 Å². The molecule has 0 spiro atoms. The number of aromatic amines is 1. The second-order valence-corrected chi connectivity index (χ2v) is 7.99. The van der Waals surface area contributed by atoms with Crippen molar-refractivity contribution in [3.8, 4) is 0 Å². The average molecular weight is 354 g/mol. The van der Waals surface area contributed by atoms with Gasteiger partial charge in [0.2, 0.25) is 0 Å². The maximum Gasteiger partial charge on any atom is 0.253 e. The van der Waals surface area contributed by atoms with Crippen LogP contribution in [0.3, 0.4) is 0 Å². The van der Waals surface area contributed by atoms with Gasteiger partial charge in [0.05, 0.1) is 0 Å². The molecule has 3 heterocycles. The fourth-order valence-corrected chi connectivity index (χ4v) is 4.48.